The average Bonchev–Trinajstić information content (AvgIpc) is 2.77. The van der Waals surface area contributed by atoms with E-state index in [9.17, 15) is 19.7 Å². The number of carbonyl (C=O) groups excluding carboxylic acids is 1. The van der Waals surface area contributed by atoms with Gasteiger partial charge in [0.25, 0.3) is 0 Å². The summed E-state index contributed by atoms with van der Waals surface area (Å²) in [6.07, 6.45) is 1.26. The maximum Gasteiger partial charge on any atom is 0.389 e. The fourth-order valence-electron chi connectivity index (χ4n) is 1.47. The monoisotopic (exact) mass is 286 g/mol. The number of hydrogen-bond acceptors (Lipinski definition) is 6. The number of aliphatic carboxylic acids is 1. The molecule has 0 radical (unpaired) electrons. The number of carboxylic acids is 1. The Balaban J connectivity index is 2.70. The second-order valence-electron chi connectivity index (χ2n) is 4.25. The molecule has 2 N–H and O–H groups in total. The molecule has 20 heavy (non-hydrogen) atoms. The zero-order valence-electron chi connectivity index (χ0n) is 10.9. The van der Waals surface area contributed by atoms with E-state index in [0.717, 1.165) is 10.7 Å². The number of aromatic nitrogens is 2. The van der Waals surface area contributed by atoms with E-state index < -0.39 is 28.2 Å². The molecular weight excluding hydrogens is 272 g/mol. The van der Waals surface area contributed by atoms with Crippen molar-refractivity contribution in [2.45, 2.75) is 19.0 Å². The van der Waals surface area contributed by atoms with Crippen molar-refractivity contribution >= 4 is 17.7 Å². The van der Waals surface area contributed by atoms with E-state index in [4.69, 9.17) is 9.84 Å². The molecule has 0 aromatic carbocycles. The minimum Gasteiger partial charge on any atom is -0.479 e. The maximum atomic E-state index is 11.7. The van der Waals surface area contributed by atoms with Crippen molar-refractivity contribution in [3.05, 3.63) is 22.4 Å². The Morgan fingerprint density at radius 1 is 1.65 bits per heavy atom. The molecule has 0 aliphatic rings. The Hall–Kier alpha value is -2.49. The molecule has 0 spiro atoms. The number of carboxylic acid groups (broad SMARTS) is 1. The van der Waals surface area contributed by atoms with Crippen LogP contribution >= 0.6 is 0 Å². The van der Waals surface area contributed by atoms with Gasteiger partial charge in [-0.15, -0.1) is 0 Å². The Morgan fingerprint density at radius 3 is 2.75 bits per heavy atom. The van der Waals surface area contributed by atoms with Gasteiger partial charge in [-0.1, -0.05) is 0 Å². The minimum absolute atomic E-state index is 0.215. The normalized spacial score (nSPS) is 13.5. The molecule has 0 aliphatic heterocycles. The second kappa shape index (κ2) is 6.10. The fraction of sp³-hybridized carbons (Fsp3) is 0.500. The first-order valence-electron chi connectivity index (χ1n) is 5.49. The number of hydrogen-bond donors (Lipinski definition) is 2. The molecule has 10 nitrogen and oxygen atoms in total. The highest BCUT2D eigenvalue weighted by Crippen LogP contribution is 2.07. The van der Waals surface area contributed by atoms with Gasteiger partial charge in [-0.3, -0.25) is 4.79 Å². The number of carbonyl (C=O) groups is 2. The summed E-state index contributed by atoms with van der Waals surface area (Å²) in [4.78, 5) is 32.6. The molecule has 1 rings (SSSR count). The number of nitrogens with one attached hydrogen (secondary N) is 1. The van der Waals surface area contributed by atoms with Gasteiger partial charge in [0.05, 0.1) is 24.0 Å². The molecular formula is C10H14N4O6. The van der Waals surface area contributed by atoms with Crippen LogP contribution in [0.1, 0.15) is 6.92 Å². The third-order valence-electron chi connectivity index (χ3n) is 2.44. The van der Waals surface area contributed by atoms with Crippen LogP contribution in [0.25, 0.3) is 0 Å². The van der Waals surface area contributed by atoms with Gasteiger partial charge in [0, 0.05) is 7.11 Å². The molecule has 110 valence electrons. The first-order chi connectivity index (χ1) is 9.28. The molecule has 1 aromatic heterocycles. The lowest BCUT2D eigenvalue weighted by atomic mass is 10.0. The molecule has 1 heterocycles. The van der Waals surface area contributed by atoms with E-state index in [0.29, 0.717) is 0 Å². The lowest BCUT2D eigenvalue weighted by Crippen LogP contribution is -2.56. The summed E-state index contributed by atoms with van der Waals surface area (Å²) < 4.78 is 5.79. The van der Waals surface area contributed by atoms with Gasteiger partial charge in [-0.25, -0.2) is 4.79 Å². The topological polar surface area (TPSA) is 137 Å². The van der Waals surface area contributed by atoms with Gasteiger partial charge in [-0.05, 0) is 11.8 Å². The molecule has 1 aromatic rings. The number of amides is 1. The quantitative estimate of drug-likeness (QED) is 0.504. The van der Waals surface area contributed by atoms with Gasteiger partial charge in [0.1, 0.15) is 6.54 Å². The van der Waals surface area contributed by atoms with E-state index in [1.807, 2.05) is 0 Å². The number of nitrogens with zero attached hydrogens (tertiary/aromatic N) is 3. The van der Waals surface area contributed by atoms with E-state index >= 15 is 0 Å². The van der Waals surface area contributed by atoms with E-state index in [1.165, 1.54) is 20.2 Å². The second-order valence-corrected chi connectivity index (χ2v) is 4.25. The van der Waals surface area contributed by atoms with Crippen LogP contribution in [0.4, 0.5) is 5.82 Å². The third-order valence-corrected chi connectivity index (χ3v) is 2.44. The predicted octanol–water partition coefficient (Wildman–Crippen LogP) is -0.603. The van der Waals surface area contributed by atoms with Crippen molar-refractivity contribution in [2.75, 3.05) is 13.7 Å². The first-order valence-corrected chi connectivity index (χ1v) is 5.49. The molecule has 0 saturated heterocycles. The van der Waals surface area contributed by atoms with Crippen LogP contribution in [0.2, 0.25) is 0 Å². The molecule has 1 amide bonds. The van der Waals surface area contributed by atoms with Gasteiger partial charge < -0.3 is 25.3 Å². The Labute approximate surface area is 113 Å². The SMILES string of the molecule is COCC(C)(NC(=O)Cn1ccc([N+](=O)[O-])n1)C(=O)O. The average molecular weight is 286 g/mol. The fourth-order valence-corrected chi connectivity index (χ4v) is 1.47. The van der Waals surface area contributed by atoms with Crippen molar-refractivity contribution in [3.8, 4) is 0 Å². The highest BCUT2D eigenvalue weighted by atomic mass is 16.6. The predicted molar refractivity (Wildman–Crippen MR) is 64.9 cm³/mol. The summed E-state index contributed by atoms with van der Waals surface area (Å²) >= 11 is 0. The lowest BCUT2D eigenvalue weighted by Gasteiger charge is -2.24. The molecule has 0 bridgehead atoms. The van der Waals surface area contributed by atoms with E-state index in [2.05, 4.69) is 10.4 Å². The zero-order chi connectivity index (χ0) is 15.3. The summed E-state index contributed by atoms with van der Waals surface area (Å²) in [7, 11) is 1.31. The van der Waals surface area contributed by atoms with Gasteiger partial charge >= 0.3 is 11.8 Å². The smallest absolute Gasteiger partial charge is 0.389 e. The lowest BCUT2D eigenvalue weighted by molar-refractivity contribution is -0.389. The highest BCUT2D eigenvalue weighted by Gasteiger charge is 2.35. The molecule has 1 atom stereocenters. The highest BCUT2D eigenvalue weighted by molar-refractivity contribution is 5.86. The molecule has 0 saturated carbocycles. The zero-order valence-corrected chi connectivity index (χ0v) is 10.9. The summed E-state index contributed by atoms with van der Waals surface area (Å²) in [6, 6.07) is 1.14. The van der Waals surface area contributed by atoms with Crippen molar-refractivity contribution < 1.29 is 24.4 Å². The number of ether oxygens (including phenoxy) is 1. The number of rotatable bonds is 7. The minimum atomic E-state index is -1.58. The largest absolute Gasteiger partial charge is 0.479 e. The number of nitro groups is 1. The van der Waals surface area contributed by atoms with Crippen LogP contribution in [0, 0.1) is 10.1 Å². The van der Waals surface area contributed by atoms with Gasteiger partial charge in [-0.2, -0.15) is 4.68 Å². The third kappa shape index (κ3) is 3.75. The van der Waals surface area contributed by atoms with E-state index in [1.54, 1.807) is 0 Å². The first kappa shape index (κ1) is 15.6. The molecule has 0 aliphatic carbocycles. The Morgan fingerprint density at radius 2 is 2.30 bits per heavy atom. The van der Waals surface area contributed by atoms with Crippen LogP contribution in [-0.4, -0.2) is 50.9 Å². The van der Waals surface area contributed by atoms with Crippen LogP contribution < -0.4 is 5.32 Å². The summed E-state index contributed by atoms with van der Waals surface area (Å²) in [6.45, 7) is 0.746. The summed E-state index contributed by atoms with van der Waals surface area (Å²) in [5.41, 5.74) is -1.58. The molecule has 10 heteroatoms. The maximum absolute atomic E-state index is 11.7. The standard InChI is InChI=1S/C10H14N4O6/c1-10(6-20-2,9(16)17)11-8(15)5-13-4-3-7(12-13)14(18)19/h3-4H,5-6H2,1-2H3,(H,11,15)(H,16,17). The van der Waals surface area contributed by atoms with Gasteiger partial charge in [0.2, 0.25) is 5.91 Å². The van der Waals surface area contributed by atoms with Crippen LogP contribution in [-0.2, 0) is 20.9 Å². The van der Waals surface area contributed by atoms with Crippen molar-refractivity contribution in [2.24, 2.45) is 0 Å². The Bertz CT molecular complexity index is 528. The van der Waals surface area contributed by atoms with Crippen molar-refractivity contribution in [1.29, 1.82) is 0 Å². The van der Waals surface area contributed by atoms with Crippen LogP contribution in [0.15, 0.2) is 12.3 Å². The Kier molecular flexibility index (Phi) is 4.75. The van der Waals surface area contributed by atoms with Crippen LogP contribution in [0.3, 0.4) is 0 Å². The molecule has 0 fully saturated rings. The van der Waals surface area contributed by atoms with Crippen molar-refractivity contribution in [3.63, 3.8) is 0 Å². The summed E-state index contributed by atoms with van der Waals surface area (Å²) in [5.74, 6) is -2.29. The number of methoxy groups -OCH3 is 1. The molecule has 1 unspecified atom stereocenters. The van der Waals surface area contributed by atoms with Crippen molar-refractivity contribution in [1.82, 2.24) is 15.1 Å². The van der Waals surface area contributed by atoms with E-state index in [-0.39, 0.29) is 13.2 Å². The van der Waals surface area contributed by atoms with Crippen LogP contribution in [0.5, 0.6) is 0 Å². The summed E-state index contributed by atoms with van der Waals surface area (Å²) in [5, 5.41) is 25.3. The van der Waals surface area contributed by atoms with Gasteiger partial charge in [0.15, 0.2) is 5.54 Å².